The molecule has 1 saturated heterocycles. The number of nitrogens with one attached hydrogen (secondary N) is 1. The zero-order chi connectivity index (χ0) is 25.5. The minimum Gasteiger partial charge on any atom is -0.497 e. The van der Waals surface area contributed by atoms with E-state index >= 15 is 0 Å². The highest BCUT2D eigenvalue weighted by molar-refractivity contribution is 8.18. The standard InChI is InChI=1S/C27H29N3O4S/c1-16-11-22-21(17(2)14-27(3,4)29(22)5)12-18(16)13-23-25(32)30(26(33)35-23)15-24(31)28-19-7-9-20(34-6)10-8-19/h7-14H,15H2,1-6H3,(H,28,31)/b23-13+. The summed E-state index contributed by atoms with van der Waals surface area (Å²) >= 11 is 0.854. The van der Waals surface area contributed by atoms with E-state index in [0.29, 0.717) is 16.3 Å². The molecule has 2 aromatic carbocycles. The number of aryl methyl sites for hydroxylation is 1. The van der Waals surface area contributed by atoms with Crippen LogP contribution in [0.15, 0.2) is 47.4 Å². The number of carbonyl (C=O) groups is 3. The lowest BCUT2D eigenvalue weighted by Gasteiger charge is -2.41. The molecule has 4 rings (SSSR count). The number of likely N-dealkylation sites (N-methyl/N-ethyl adjacent to an activating group) is 1. The van der Waals surface area contributed by atoms with Gasteiger partial charge in [-0.05, 0) is 98.6 Å². The number of hydrogen-bond donors (Lipinski definition) is 1. The molecule has 0 radical (unpaired) electrons. The highest BCUT2D eigenvalue weighted by atomic mass is 32.2. The molecule has 8 heteroatoms. The van der Waals surface area contributed by atoms with Crippen LogP contribution in [0.3, 0.4) is 0 Å². The van der Waals surface area contributed by atoms with E-state index in [1.54, 1.807) is 37.5 Å². The molecule has 3 amide bonds. The third-order valence-corrected chi connectivity index (χ3v) is 7.35. The maximum absolute atomic E-state index is 13.0. The molecule has 0 unspecified atom stereocenters. The summed E-state index contributed by atoms with van der Waals surface area (Å²) in [5, 5.41) is 2.25. The van der Waals surface area contributed by atoms with Gasteiger partial charge in [0.25, 0.3) is 11.1 Å². The summed E-state index contributed by atoms with van der Waals surface area (Å²) in [4.78, 5) is 41.6. The molecule has 0 atom stereocenters. The molecule has 1 fully saturated rings. The number of nitrogens with zero attached hydrogens (tertiary/aromatic N) is 2. The van der Waals surface area contributed by atoms with Crippen molar-refractivity contribution >= 4 is 51.8 Å². The van der Waals surface area contributed by atoms with Crippen molar-refractivity contribution in [3.63, 3.8) is 0 Å². The van der Waals surface area contributed by atoms with Gasteiger partial charge in [-0.25, -0.2) is 0 Å². The average Bonchev–Trinajstić information content (AvgIpc) is 3.06. The summed E-state index contributed by atoms with van der Waals surface area (Å²) in [6.45, 7) is 8.07. The van der Waals surface area contributed by atoms with Crippen LogP contribution in [0.25, 0.3) is 11.6 Å². The fraction of sp³-hybridized carbons (Fsp3) is 0.296. The zero-order valence-corrected chi connectivity index (χ0v) is 21.6. The smallest absolute Gasteiger partial charge is 0.294 e. The number of benzene rings is 2. The number of rotatable bonds is 5. The fourth-order valence-electron chi connectivity index (χ4n) is 4.27. The van der Waals surface area contributed by atoms with Gasteiger partial charge < -0.3 is 15.0 Å². The van der Waals surface area contributed by atoms with E-state index in [1.165, 1.54) is 5.57 Å². The molecule has 2 heterocycles. The Hall–Kier alpha value is -3.52. The normalized spacial score (nSPS) is 18.0. The first-order chi connectivity index (χ1) is 16.5. The van der Waals surface area contributed by atoms with Gasteiger partial charge in [0.05, 0.1) is 17.6 Å². The van der Waals surface area contributed by atoms with Gasteiger partial charge in [0.2, 0.25) is 5.91 Å². The molecule has 2 aliphatic heterocycles. The van der Waals surface area contributed by atoms with Gasteiger partial charge >= 0.3 is 0 Å². The van der Waals surface area contributed by atoms with Crippen molar-refractivity contribution in [2.75, 3.05) is 30.9 Å². The lowest BCUT2D eigenvalue weighted by Crippen LogP contribution is -2.42. The first-order valence-corrected chi connectivity index (χ1v) is 12.1. The van der Waals surface area contributed by atoms with Crippen LogP contribution in [0.2, 0.25) is 0 Å². The van der Waals surface area contributed by atoms with E-state index in [1.807, 2.05) is 6.92 Å². The highest BCUT2D eigenvalue weighted by Crippen LogP contribution is 2.40. The van der Waals surface area contributed by atoms with Gasteiger partial charge in [-0.2, -0.15) is 0 Å². The highest BCUT2D eigenvalue weighted by Gasteiger charge is 2.36. The van der Waals surface area contributed by atoms with Gasteiger partial charge in [0.1, 0.15) is 12.3 Å². The largest absolute Gasteiger partial charge is 0.497 e. The Morgan fingerprint density at radius 1 is 1.14 bits per heavy atom. The Balaban J connectivity index is 1.53. The second-order valence-corrected chi connectivity index (χ2v) is 10.3. The molecule has 1 N–H and O–H groups in total. The summed E-state index contributed by atoms with van der Waals surface area (Å²) < 4.78 is 5.11. The second-order valence-electron chi connectivity index (χ2n) is 9.31. The Labute approximate surface area is 209 Å². The van der Waals surface area contributed by atoms with E-state index < -0.39 is 17.1 Å². The molecule has 0 aliphatic carbocycles. The number of amides is 3. The minimum absolute atomic E-state index is 0.0971. The van der Waals surface area contributed by atoms with Crippen LogP contribution in [-0.2, 0) is 9.59 Å². The van der Waals surface area contributed by atoms with Crippen LogP contribution in [0.4, 0.5) is 16.2 Å². The number of methoxy groups -OCH3 is 1. The van der Waals surface area contributed by atoms with E-state index in [-0.39, 0.29) is 12.1 Å². The van der Waals surface area contributed by atoms with Gasteiger partial charge in [-0.15, -0.1) is 0 Å². The molecule has 0 spiro atoms. The maximum atomic E-state index is 13.0. The van der Waals surface area contributed by atoms with Crippen LogP contribution >= 0.6 is 11.8 Å². The molecule has 0 aromatic heterocycles. The summed E-state index contributed by atoms with van der Waals surface area (Å²) in [5.74, 6) is -0.250. The quantitative estimate of drug-likeness (QED) is 0.571. The topological polar surface area (TPSA) is 79.0 Å². The Bertz CT molecular complexity index is 1280. The molecule has 35 heavy (non-hydrogen) atoms. The molecule has 2 aliphatic rings. The van der Waals surface area contributed by atoms with E-state index in [9.17, 15) is 14.4 Å². The molecule has 0 bridgehead atoms. The first kappa shape index (κ1) is 24.6. The fourth-order valence-corrected chi connectivity index (χ4v) is 5.10. The average molecular weight is 492 g/mol. The molecule has 2 aromatic rings. The van der Waals surface area contributed by atoms with Crippen molar-refractivity contribution in [3.8, 4) is 5.75 Å². The lowest BCUT2D eigenvalue weighted by molar-refractivity contribution is -0.127. The van der Waals surface area contributed by atoms with Gasteiger partial charge in [0, 0.05) is 24.0 Å². The van der Waals surface area contributed by atoms with E-state index in [0.717, 1.165) is 39.0 Å². The van der Waals surface area contributed by atoms with Crippen LogP contribution in [0.5, 0.6) is 5.75 Å². The molecule has 7 nitrogen and oxygen atoms in total. The van der Waals surface area contributed by atoms with Crippen molar-refractivity contribution < 1.29 is 19.1 Å². The second kappa shape index (κ2) is 9.26. The van der Waals surface area contributed by atoms with Crippen LogP contribution in [-0.4, -0.2) is 48.2 Å². The number of ether oxygens (including phenoxy) is 1. The van der Waals surface area contributed by atoms with Crippen molar-refractivity contribution in [1.29, 1.82) is 0 Å². The summed E-state index contributed by atoms with van der Waals surface area (Å²) in [6.07, 6.45) is 3.97. The maximum Gasteiger partial charge on any atom is 0.294 e. The molecule has 182 valence electrons. The summed E-state index contributed by atoms with van der Waals surface area (Å²) in [7, 11) is 3.63. The van der Waals surface area contributed by atoms with Crippen molar-refractivity contribution in [3.05, 3.63) is 64.1 Å². The van der Waals surface area contributed by atoms with Gasteiger partial charge in [-0.1, -0.05) is 6.08 Å². The van der Waals surface area contributed by atoms with Crippen molar-refractivity contribution in [1.82, 2.24) is 4.90 Å². The number of anilines is 2. The number of allylic oxidation sites excluding steroid dienone is 1. The monoisotopic (exact) mass is 491 g/mol. The van der Waals surface area contributed by atoms with Gasteiger partial charge in [-0.3, -0.25) is 19.3 Å². The van der Waals surface area contributed by atoms with Gasteiger partial charge in [0.15, 0.2) is 0 Å². The molecular formula is C27H29N3O4S. The Morgan fingerprint density at radius 3 is 2.49 bits per heavy atom. The predicted octanol–water partition coefficient (Wildman–Crippen LogP) is 5.31. The van der Waals surface area contributed by atoms with Crippen LogP contribution in [0, 0.1) is 6.92 Å². The summed E-state index contributed by atoms with van der Waals surface area (Å²) in [5.41, 5.74) is 5.73. The van der Waals surface area contributed by atoms with Crippen LogP contribution in [0.1, 0.15) is 37.5 Å². The van der Waals surface area contributed by atoms with E-state index in [2.05, 4.69) is 56.2 Å². The van der Waals surface area contributed by atoms with E-state index in [4.69, 9.17) is 4.74 Å². The zero-order valence-electron chi connectivity index (χ0n) is 20.8. The molecule has 0 saturated carbocycles. The molecular weight excluding hydrogens is 462 g/mol. The first-order valence-electron chi connectivity index (χ1n) is 11.3. The van der Waals surface area contributed by atoms with Crippen molar-refractivity contribution in [2.24, 2.45) is 0 Å². The predicted molar refractivity (Wildman–Crippen MR) is 142 cm³/mol. The minimum atomic E-state index is -0.465. The number of hydrogen-bond acceptors (Lipinski definition) is 6. The Morgan fingerprint density at radius 2 is 1.83 bits per heavy atom. The number of fused-ring (bicyclic) bond motifs is 1. The number of carbonyl (C=O) groups excluding carboxylic acids is 3. The number of imide groups is 1. The lowest BCUT2D eigenvalue weighted by atomic mass is 9.87. The number of thioether (sulfide) groups is 1. The third kappa shape index (κ3) is 4.84. The van der Waals surface area contributed by atoms with Crippen LogP contribution < -0.4 is 15.0 Å². The Kier molecular flexibility index (Phi) is 6.51. The summed E-state index contributed by atoms with van der Waals surface area (Å²) in [6, 6.07) is 11.0. The third-order valence-electron chi connectivity index (χ3n) is 6.44. The SMILES string of the molecule is COc1ccc(NC(=O)CN2C(=O)S/C(=C/c3cc4c(cc3C)N(C)C(C)(C)C=C4C)C2=O)cc1. The van der Waals surface area contributed by atoms with Crippen molar-refractivity contribution in [2.45, 2.75) is 33.2 Å².